The highest BCUT2D eigenvalue weighted by Crippen LogP contribution is 2.41. The number of hydrogen-bond donors (Lipinski definition) is 0. The van der Waals surface area contributed by atoms with Gasteiger partial charge in [0, 0.05) is 30.3 Å². The molecule has 1 atom stereocenters. The fourth-order valence-electron chi connectivity index (χ4n) is 4.61. The molecule has 1 saturated heterocycles. The molecule has 1 aliphatic heterocycles. The van der Waals surface area contributed by atoms with Crippen molar-refractivity contribution in [1.29, 1.82) is 0 Å². The summed E-state index contributed by atoms with van der Waals surface area (Å²) in [7, 11) is 1.60. The topological polar surface area (TPSA) is 34.8 Å². The summed E-state index contributed by atoms with van der Waals surface area (Å²) in [4.78, 5) is 2.43. The lowest BCUT2D eigenvalue weighted by Crippen LogP contribution is -2.40. The number of rotatable bonds is 7. The van der Waals surface area contributed by atoms with E-state index >= 15 is 0 Å². The van der Waals surface area contributed by atoms with Crippen LogP contribution in [0.3, 0.4) is 0 Å². The second kappa shape index (κ2) is 10.1. The van der Waals surface area contributed by atoms with Crippen LogP contribution in [0.4, 0.5) is 4.39 Å². The van der Waals surface area contributed by atoms with Crippen LogP contribution in [0.15, 0.2) is 89.5 Å². The maximum atomic E-state index is 14.7. The minimum Gasteiger partial charge on any atom is -0.497 e. The third-order valence-electron chi connectivity index (χ3n) is 6.27. The first-order valence-electron chi connectivity index (χ1n) is 11.6. The van der Waals surface area contributed by atoms with Gasteiger partial charge < -0.3 is 13.9 Å². The van der Waals surface area contributed by atoms with Gasteiger partial charge in [-0.3, -0.25) is 4.90 Å². The third kappa shape index (κ3) is 4.85. The van der Waals surface area contributed by atoms with E-state index < -0.39 is 0 Å². The van der Waals surface area contributed by atoms with Crippen LogP contribution in [-0.2, 0) is 6.54 Å². The van der Waals surface area contributed by atoms with E-state index in [0.29, 0.717) is 28.4 Å². The second-order valence-electron chi connectivity index (χ2n) is 8.61. The van der Waals surface area contributed by atoms with Crippen LogP contribution in [0.1, 0.15) is 18.4 Å². The maximum absolute atomic E-state index is 14.7. The largest absolute Gasteiger partial charge is 0.497 e. The minimum atomic E-state index is -0.296. The number of furan rings is 1. The first kappa shape index (κ1) is 22.2. The monoisotopic (exact) mass is 457 g/mol. The van der Waals surface area contributed by atoms with Gasteiger partial charge in [0.15, 0.2) is 11.5 Å². The van der Waals surface area contributed by atoms with Gasteiger partial charge in [0.05, 0.1) is 13.4 Å². The molecule has 1 fully saturated rings. The Morgan fingerprint density at radius 1 is 0.941 bits per heavy atom. The van der Waals surface area contributed by atoms with Crippen molar-refractivity contribution < 1.29 is 18.3 Å². The summed E-state index contributed by atoms with van der Waals surface area (Å²) in [5.41, 5.74) is 3.26. The molecule has 5 heteroatoms. The highest BCUT2D eigenvalue weighted by molar-refractivity contribution is 5.84. The molecule has 1 aromatic heterocycles. The lowest BCUT2D eigenvalue weighted by atomic mass is 9.97. The molecule has 2 heterocycles. The molecule has 0 N–H and O–H groups in total. The number of benzene rings is 3. The van der Waals surface area contributed by atoms with Crippen molar-refractivity contribution in [1.82, 2.24) is 4.90 Å². The number of likely N-dealkylation sites (tertiary alicyclic amines) is 1. The molecule has 0 aliphatic carbocycles. The average molecular weight is 458 g/mol. The van der Waals surface area contributed by atoms with Gasteiger partial charge in [0.25, 0.3) is 0 Å². The molecule has 0 radical (unpaired) electrons. The van der Waals surface area contributed by atoms with E-state index in [9.17, 15) is 4.39 Å². The van der Waals surface area contributed by atoms with Crippen LogP contribution in [0, 0.1) is 5.82 Å². The Labute approximate surface area is 199 Å². The fraction of sp³-hybridized carbons (Fsp3) is 0.241. The summed E-state index contributed by atoms with van der Waals surface area (Å²) >= 11 is 0. The highest BCUT2D eigenvalue weighted by atomic mass is 19.1. The van der Waals surface area contributed by atoms with Gasteiger partial charge in [0.1, 0.15) is 17.7 Å². The summed E-state index contributed by atoms with van der Waals surface area (Å²) < 4.78 is 32.5. The summed E-state index contributed by atoms with van der Waals surface area (Å²) in [6.07, 6.45) is 3.75. The number of ether oxygens (including phenoxy) is 2. The van der Waals surface area contributed by atoms with Crippen molar-refractivity contribution in [2.75, 3.05) is 20.2 Å². The Morgan fingerprint density at radius 3 is 2.59 bits per heavy atom. The van der Waals surface area contributed by atoms with E-state index in [-0.39, 0.29) is 11.9 Å². The highest BCUT2D eigenvalue weighted by Gasteiger charge is 2.25. The number of methoxy groups -OCH3 is 1. The molecule has 5 rings (SSSR count). The molecule has 4 nitrogen and oxygen atoms in total. The second-order valence-corrected chi connectivity index (χ2v) is 8.61. The molecule has 174 valence electrons. The summed E-state index contributed by atoms with van der Waals surface area (Å²) in [6.45, 7) is 2.82. The van der Waals surface area contributed by atoms with Crippen LogP contribution >= 0.6 is 0 Å². The number of halogens is 1. The molecule has 1 aliphatic rings. The third-order valence-corrected chi connectivity index (χ3v) is 6.27. The van der Waals surface area contributed by atoms with Crippen LogP contribution < -0.4 is 9.47 Å². The number of nitrogens with zero attached hydrogens (tertiary/aromatic N) is 1. The van der Waals surface area contributed by atoms with E-state index in [4.69, 9.17) is 13.9 Å². The lowest BCUT2D eigenvalue weighted by Gasteiger charge is -2.32. The minimum absolute atomic E-state index is 0.0592. The van der Waals surface area contributed by atoms with Crippen molar-refractivity contribution in [3.63, 3.8) is 0 Å². The molecule has 3 aromatic carbocycles. The van der Waals surface area contributed by atoms with Gasteiger partial charge in [0.2, 0.25) is 0 Å². The summed E-state index contributed by atoms with van der Waals surface area (Å²) in [6, 6.07) is 24.7. The van der Waals surface area contributed by atoms with Gasteiger partial charge in [-0.05, 0) is 54.8 Å². The molecule has 0 bridgehead atoms. The molecule has 4 aromatic rings. The summed E-state index contributed by atoms with van der Waals surface area (Å²) in [5, 5.41) is 0. The standard InChI is InChI=1S/C29H28FNO3/c1-32-22-13-14-25(26(18-22)24-11-5-6-12-27(24)30)29-28(15-17-33-29)34-23-10-7-16-31(20-23)19-21-8-3-2-4-9-21/h2-6,8-9,11-15,17-18,23H,7,10,16,19-20H2,1H3/t23-/m1/s1. The molecule has 34 heavy (non-hydrogen) atoms. The Bertz CT molecular complexity index is 1240. The van der Waals surface area contributed by atoms with Crippen molar-refractivity contribution in [2.24, 2.45) is 0 Å². The van der Waals surface area contributed by atoms with E-state index in [1.165, 1.54) is 11.6 Å². The van der Waals surface area contributed by atoms with E-state index in [1.54, 1.807) is 25.5 Å². The van der Waals surface area contributed by atoms with Crippen molar-refractivity contribution in [3.05, 3.63) is 96.5 Å². The average Bonchev–Trinajstić information content (AvgIpc) is 3.32. The van der Waals surface area contributed by atoms with E-state index in [1.807, 2.05) is 36.4 Å². The molecule has 0 amide bonds. The van der Waals surface area contributed by atoms with E-state index in [2.05, 4.69) is 29.2 Å². The molecule has 0 saturated carbocycles. The van der Waals surface area contributed by atoms with Crippen LogP contribution in [-0.4, -0.2) is 31.2 Å². The van der Waals surface area contributed by atoms with Gasteiger partial charge in [-0.15, -0.1) is 0 Å². The Hall–Kier alpha value is -3.57. The SMILES string of the molecule is COc1ccc(-c2occc2O[C@@H]2CCCN(Cc3ccccc3)C2)c(-c2ccccc2F)c1. The Morgan fingerprint density at radius 2 is 1.76 bits per heavy atom. The zero-order chi connectivity index (χ0) is 23.3. The molecule has 0 spiro atoms. The van der Waals surface area contributed by atoms with Crippen LogP contribution in [0.2, 0.25) is 0 Å². The Kier molecular flexibility index (Phi) is 6.63. The maximum Gasteiger partial charge on any atom is 0.176 e. The number of piperidine rings is 1. The first-order chi connectivity index (χ1) is 16.7. The van der Waals surface area contributed by atoms with Gasteiger partial charge >= 0.3 is 0 Å². The molecule has 0 unspecified atom stereocenters. The Balaban J connectivity index is 1.40. The normalized spacial score (nSPS) is 16.4. The quantitative estimate of drug-likeness (QED) is 0.306. The predicted octanol–water partition coefficient (Wildman–Crippen LogP) is 6.80. The predicted molar refractivity (Wildman–Crippen MR) is 131 cm³/mol. The van der Waals surface area contributed by atoms with Crippen LogP contribution in [0.5, 0.6) is 11.5 Å². The molecular weight excluding hydrogens is 429 g/mol. The number of hydrogen-bond acceptors (Lipinski definition) is 4. The smallest absolute Gasteiger partial charge is 0.176 e. The zero-order valence-electron chi connectivity index (χ0n) is 19.2. The zero-order valence-corrected chi connectivity index (χ0v) is 19.2. The molecular formula is C29H28FNO3. The van der Waals surface area contributed by atoms with Crippen molar-refractivity contribution in [3.8, 4) is 33.9 Å². The van der Waals surface area contributed by atoms with Gasteiger partial charge in [-0.25, -0.2) is 4.39 Å². The van der Waals surface area contributed by atoms with Gasteiger partial charge in [-0.2, -0.15) is 0 Å². The lowest BCUT2D eigenvalue weighted by molar-refractivity contribution is 0.0843. The fourth-order valence-corrected chi connectivity index (χ4v) is 4.61. The first-order valence-corrected chi connectivity index (χ1v) is 11.6. The van der Waals surface area contributed by atoms with Crippen molar-refractivity contribution >= 4 is 0 Å². The summed E-state index contributed by atoms with van der Waals surface area (Å²) in [5.74, 6) is 1.63. The van der Waals surface area contributed by atoms with E-state index in [0.717, 1.165) is 38.0 Å². The van der Waals surface area contributed by atoms with Crippen LogP contribution in [0.25, 0.3) is 22.5 Å². The van der Waals surface area contributed by atoms with Crippen molar-refractivity contribution in [2.45, 2.75) is 25.5 Å². The van der Waals surface area contributed by atoms with Gasteiger partial charge in [-0.1, -0.05) is 48.5 Å².